The van der Waals surface area contributed by atoms with Gasteiger partial charge >= 0.3 is 0 Å². The van der Waals surface area contributed by atoms with E-state index in [9.17, 15) is 9.90 Å². The minimum atomic E-state index is -1.24. The van der Waals surface area contributed by atoms with E-state index >= 15 is 0 Å². The smallest absolute Gasteiger partial charge is 0.224 e. The molecule has 5 nitrogen and oxygen atoms in total. The van der Waals surface area contributed by atoms with Crippen LogP contribution in [0.4, 0.5) is 0 Å². The zero-order valence-corrected chi connectivity index (χ0v) is 15.3. The second-order valence-corrected chi connectivity index (χ2v) is 6.99. The van der Waals surface area contributed by atoms with E-state index in [1.807, 2.05) is 31.2 Å². The fourth-order valence-electron chi connectivity index (χ4n) is 2.30. The number of carbonyl (C=O) groups is 1. The van der Waals surface area contributed by atoms with Crippen molar-refractivity contribution >= 4 is 5.91 Å². The number of benzene rings is 1. The molecule has 0 spiro atoms. The summed E-state index contributed by atoms with van der Waals surface area (Å²) in [6, 6.07) is 11.0. The number of aliphatic hydroxyl groups is 1. The van der Waals surface area contributed by atoms with Gasteiger partial charge in [-0.15, -0.1) is 0 Å². The molecule has 0 saturated carbocycles. The zero-order valence-electron chi connectivity index (χ0n) is 15.3. The maximum Gasteiger partial charge on any atom is 0.224 e. The number of furan rings is 1. The summed E-state index contributed by atoms with van der Waals surface area (Å²) < 4.78 is 11.1. The van der Waals surface area contributed by atoms with Crippen molar-refractivity contribution in [2.24, 2.45) is 5.92 Å². The number of carbonyl (C=O) groups excluding carboxylic acids is 1. The van der Waals surface area contributed by atoms with Gasteiger partial charge in [-0.1, -0.05) is 26.0 Å². The molecule has 2 N–H and O–H groups in total. The number of ether oxygens (including phenoxy) is 1. The van der Waals surface area contributed by atoms with E-state index in [0.717, 1.165) is 17.1 Å². The van der Waals surface area contributed by atoms with Crippen molar-refractivity contribution in [3.8, 4) is 5.75 Å². The maximum atomic E-state index is 12.1. The zero-order chi connectivity index (χ0) is 18.4. The molecule has 1 aromatic heterocycles. The first-order valence-electron chi connectivity index (χ1n) is 8.54. The molecule has 0 fully saturated rings. The number of amides is 1. The highest BCUT2D eigenvalue weighted by molar-refractivity contribution is 5.78. The number of hydrogen-bond donors (Lipinski definition) is 2. The van der Waals surface area contributed by atoms with Crippen molar-refractivity contribution in [3.05, 3.63) is 53.5 Å². The van der Waals surface area contributed by atoms with Crippen LogP contribution in [-0.4, -0.2) is 24.2 Å². The van der Waals surface area contributed by atoms with E-state index in [1.165, 1.54) is 0 Å². The highest BCUT2D eigenvalue weighted by atomic mass is 16.5. The molecule has 136 valence electrons. The Morgan fingerprint density at radius 1 is 1.24 bits per heavy atom. The summed E-state index contributed by atoms with van der Waals surface area (Å²) in [5.74, 6) is 2.28. The van der Waals surface area contributed by atoms with Gasteiger partial charge in [0.2, 0.25) is 5.91 Å². The summed E-state index contributed by atoms with van der Waals surface area (Å²) in [6.45, 7) is 8.38. The lowest BCUT2D eigenvalue weighted by Gasteiger charge is -2.21. The third-order valence-electron chi connectivity index (χ3n) is 3.77. The SMILES string of the molecule is Cc1ccc(C(C)(O)CNC(=O)Cc2ccc(OCC(C)C)cc2)o1. The Kier molecular flexibility index (Phi) is 6.26. The third kappa shape index (κ3) is 5.94. The second kappa shape index (κ2) is 8.21. The molecular formula is C20H27NO4. The first-order chi connectivity index (χ1) is 11.8. The van der Waals surface area contributed by atoms with Gasteiger partial charge < -0.3 is 19.6 Å². The molecular weight excluding hydrogens is 318 g/mol. The molecule has 1 unspecified atom stereocenters. The number of rotatable bonds is 8. The average Bonchev–Trinajstić information content (AvgIpc) is 3.00. The van der Waals surface area contributed by atoms with Gasteiger partial charge in [0.15, 0.2) is 0 Å². The van der Waals surface area contributed by atoms with Crippen LogP contribution < -0.4 is 10.1 Å². The third-order valence-corrected chi connectivity index (χ3v) is 3.77. The van der Waals surface area contributed by atoms with E-state index in [2.05, 4.69) is 19.2 Å². The monoisotopic (exact) mass is 345 g/mol. The molecule has 5 heteroatoms. The first-order valence-corrected chi connectivity index (χ1v) is 8.54. The van der Waals surface area contributed by atoms with E-state index < -0.39 is 5.60 Å². The van der Waals surface area contributed by atoms with Crippen molar-refractivity contribution in [1.29, 1.82) is 0 Å². The number of aryl methyl sites for hydroxylation is 1. The van der Waals surface area contributed by atoms with Gasteiger partial charge in [0.05, 0.1) is 19.6 Å². The van der Waals surface area contributed by atoms with Crippen LogP contribution in [0, 0.1) is 12.8 Å². The van der Waals surface area contributed by atoms with Crippen molar-refractivity contribution in [1.82, 2.24) is 5.32 Å². The van der Waals surface area contributed by atoms with Crippen molar-refractivity contribution in [2.75, 3.05) is 13.2 Å². The molecule has 2 aromatic rings. The summed E-state index contributed by atoms with van der Waals surface area (Å²) in [6.07, 6.45) is 0.248. The minimum absolute atomic E-state index is 0.0916. The lowest BCUT2D eigenvalue weighted by atomic mass is 10.0. The van der Waals surface area contributed by atoms with Gasteiger partial charge in [-0.2, -0.15) is 0 Å². The van der Waals surface area contributed by atoms with E-state index in [0.29, 0.717) is 18.3 Å². The summed E-state index contributed by atoms with van der Waals surface area (Å²) in [5, 5.41) is 13.2. The lowest BCUT2D eigenvalue weighted by Crippen LogP contribution is -2.39. The van der Waals surface area contributed by atoms with Crippen LogP contribution >= 0.6 is 0 Å². The van der Waals surface area contributed by atoms with Crippen LogP contribution in [0.3, 0.4) is 0 Å². The van der Waals surface area contributed by atoms with Crippen LogP contribution in [0.5, 0.6) is 5.75 Å². The standard InChI is InChI=1S/C20H27NO4/c1-14(2)12-24-17-8-6-16(7-9-17)11-19(22)21-13-20(4,23)18-10-5-15(3)25-18/h5-10,14,23H,11-13H2,1-4H3,(H,21,22). The van der Waals surface area contributed by atoms with Crippen molar-refractivity contribution in [3.63, 3.8) is 0 Å². The molecule has 25 heavy (non-hydrogen) atoms. The molecule has 0 aliphatic rings. The van der Waals surface area contributed by atoms with Crippen molar-refractivity contribution < 1.29 is 19.1 Å². The Morgan fingerprint density at radius 3 is 2.48 bits per heavy atom. The lowest BCUT2D eigenvalue weighted by molar-refractivity contribution is -0.121. The molecule has 1 atom stereocenters. The van der Waals surface area contributed by atoms with Gasteiger partial charge in [-0.3, -0.25) is 4.79 Å². The normalized spacial score (nSPS) is 13.5. The van der Waals surface area contributed by atoms with Crippen LogP contribution in [-0.2, 0) is 16.8 Å². The van der Waals surface area contributed by atoms with Crippen LogP contribution in [0.2, 0.25) is 0 Å². The predicted molar refractivity (Wildman–Crippen MR) is 96.5 cm³/mol. The highest BCUT2D eigenvalue weighted by Crippen LogP contribution is 2.22. The fourth-order valence-corrected chi connectivity index (χ4v) is 2.30. The Balaban J connectivity index is 1.83. The van der Waals surface area contributed by atoms with Gasteiger partial charge in [0.25, 0.3) is 0 Å². The van der Waals surface area contributed by atoms with Gasteiger partial charge in [0.1, 0.15) is 22.9 Å². The summed E-state index contributed by atoms with van der Waals surface area (Å²) in [4.78, 5) is 12.1. The van der Waals surface area contributed by atoms with Crippen LogP contribution in [0.25, 0.3) is 0 Å². The molecule has 0 radical (unpaired) electrons. The summed E-state index contributed by atoms with van der Waals surface area (Å²) in [7, 11) is 0. The minimum Gasteiger partial charge on any atom is -0.493 e. The number of nitrogens with one attached hydrogen (secondary N) is 1. The first kappa shape index (κ1) is 19.1. The Bertz CT molecular complexity index is 686. The fraction of sp³-hybridized carbons (Fsp3) is 0.450. The van der Waals surface area contributed by atoms with E-state index in [1.54, 1.807) is 19.1 Å². The Hall–Kier alpha value is -2.27. The quantitative estimate of drug-likeness (QED) is 0.771. The molecule has 0 saturated heterocycles. The largest absolute Gasteiger partial charge is 0.493 e. The molecule has 1 aromatic carbocycles. The van der Waals surface area contributed by atoms with E-state index in [4.69, 9.17) is 9.15 Å². The summed E-state index contributed by atoms with van der Waals surface area (Å²) in [5.41, 5.74) is -0.346. The van der Waals surface area contributed by atoms with Crippen LogP contribution in [0.15, 0.2) is 40.8 Å². The Morgan fingerprint density at radius 2 is 1.92 bits per heavy atom. The van der Waals surface area contributed by atoms with E-state index in [-0.39, 0.29) is 18.9 Å². The Labute approximate surface area is 149 Å². The maximum absolute atomic E-state index is 12.1. The molecule has 1 heterocycles. The molecule has 1 amide bonds. The topological polar surface area (TPSA) is 71.7 Å². The molecule has 0 bridgehead atoms. The second-order valence-electron chi connectivity index (χ2n) is 6.99. The van der Waals surface area contributed by atoms with Gasteiger partial charge in [-0.05, 0) is 49.6 Å². The van der Waals surface area contributed by atoms with Crippen LogP contribution in [0.1, 0.15) is 37.9 Å². The predicted octanol–water partition coefficient (Wildman–Crippen LogP) is 3.19. The number of hydrogen-bond acceptors (Lipinski definition) is 4. The molecule has 0 aliphatic carbocycles. The molecule has 2 rings (SSSR count). The molecule has 0 aliphatic heterocycles. The average molecular weight is 345 g/mol. The van der Waals surface area contributed by atoms with Crippen molar-refractivity contribution in [2.45, 2.75) is 39.7 Å². The van der Waals surface area contributed by atoms with Gasteiger partial charge in [-0.25, -0.2) is 0 Å². The highest BCUT2D eigenvalue weighted by Gasteiger charge is 2.27. The van der Waals surface area contributed by atoms with Gasteiger partial charge in [0, 0.05) is 0 Å². The summed E-state index contributed by atoms with van der Waals surface area (Å²) >= 11 is 0.